The summed E-state index contributed by atoms with van der Waals surface area (Å²) in [6, 6.07) is 0. The van der Waals surface area contributed by atoms with E-state index in [4.69, 9.17) is 18.9 Å². The van der Waals surface area contributed by atoms with Gasteiger partial charge in [0.15, 0.2) is 0 Å². The highest BCUT2D eigenvalue weighted by Crippen LogP contribution is 2.54. The lowest BCUT2D eigenvalue weighted by molar-refractivity contribution is 0.110. The van der Waals surface area contributed by atoms with Gasteiger partial charge in [0.2, 0.25) is 0 Å². The second kappa shape index (κ2) is 6.71. The molecule has 0 unspecified atom stereocenters. The number of hydrogen-bond acceptors (Lipinski definition) is 5. The van der Waals surface area contributed by atoms with Gasteiger partial charge in [-0.15, -0.1) is 0 Å². The van der Waals surface area contributed by atoms with Crippen molar-refractivity contribution in [3.63, 3.8) is 0 Å². The van der Waals surface area contributed by atoms with E-state index in [1.165, 1.54) is 4.90 Å². The van der Waals surface area contributed by atoms with Crippen LogP contribution in [0.4, 0.5) is 4.79 Å². The van der Waals surface area contributed by atoms with E-state index >= 15 is 0 Å². The molecule has 3 rings (SSSR count). The van der Waals surface area contributed by atoms with Crippen LogP contribution in [0.15, 0.2) is 0 Å². The Kier molecular flexibility index (Phi) is 5.24. The van der Waals surface area contributed by atoms with E-state index in [-0.39, 0.29) is 28.6 Å². The molecule has 0 aromatic carbocycles. The number of rotatable bonds is 9. The highest BCUT2D eigenvalue weighted by molar-refractivity contribution is 6.79. The van der Waals surface area contributed by atoms with E-state index in [2.05, 4.69) is 40.4 Å². The summed E-state index contributed by atoms with van der Waals surface area (Å²) in [6.07, 6.45) is 4.54. The predicted octanol–water partition coefficient (Wildman–Crippen LogP) is 3.59. The van der Waals surface area contributed by atoms with Gasteiger partial charge in [0, 0.05) is 14.1 Å². The molecule has 3 saturated heterocycles. The lowest BCUT2D eigenvalue weighted by Gasteiger charge is -2.26. The Hall–Kier alpha value is -0.633. The van der Waals surface area contributed by atoms with Crippen molar-refractivity contribution in [2.75, 3.05) is 20.7 Å². The average Bonchev–Trinajstić information content (AvgIpc) is 3.45. The van der Waals surface area contributed by atoms with Gasteiger partial charge in [-0.2, -0.15) is 0 Å². The van der Waals surface area contributed by atoms with Crippen LogP contribution in [0.25, 0.3) is 0 Å². The summed E-state index contributed by atoms with van der Waals surface area (Å²) in [5.74, 6) is 0. The molecule has 6 nitrogen and oxygen atoms in total. The lowest BCUT2D eigenvalue weighted by atomic mass is 9.98. The predicted molar refractivity (Wildman–Crippen MR) is 107 cm³/mol. The molecule has 156 valence electrons. The molecule has 5 atom stereocenters. The van der Waals surface area contributed by atoms with Crippen LogP contribution in [0, 0.1) is 0 Å². The van der Waals surface area contributed by atoms with Gasteiger partial charge in [-0.25, -0.2) is 4.79 Å². The first-order valence-electron chi connectivity index (χ1n) is 10.2. The van der Waals surface area contributed by atoms with E-state index in [1.54, 1.807) is 14.1 Å². The first kappa shape index (κ1) is 21.1. The standard InChI is InChI=1S/C20H37NO5Si/c1-18(2)14(24-18)10-12-20(27(6,7)8)15(26-20)9-11-19(3)16(25-19)13-23-17(22)21(4)5/h14-16H,9-13H2,1-8H3/t14-,15+,16-,19-,20-/m0/s1. The van der Waals surface area contributed by atoms with Gasteiger partial charge in [-0.05, 0) is 46.5 Å². The summed E-state index contributed by atoms with van der Waals surface area (Å²) in [5, 5.41) is 0.0766. The molecule has 3 fully saturated rings. The van der Waals surface area contributed by atoms with Crippen molar-refractivity contribution < 1.29 is 23.7 Å². The van der Waals surface area contributed by atoms with Crippen molar-refractivity contribution >= 4 is 14.2 Å². The molecule has 3 aliphatic rings. The van der Waals surface area contributed by atoms with Crippen LogP contribution >= 0.6 is 0 Å². The van der Waals surface area contributed by atoms with Crippen molar-refractivity contribution in [3.05, 3.63) is 0 Å². The molecular weight excluding hydrogens is 362 g/mol. The average molecular weight is 400 g/mol. The number of carbonyl (C=O) groups is 1. The monoisotopic (exact) mass is 399 g/mol. The minimum atomic E-state index is -1.45. The first-order chi connectivity index (χ1) is 12.3. The zero-order chi connectivity index (χ0) is 20.3. The molecule has 1 amide bonds. The van der Waals surface area contributed by atoms with Gasteiger partial charge in [0.1, 0.15) is 12.7 Å². The number of epoxide rings is 3. The molecule has 27 heavy (non-hydrogen) atoms. The Morgan fingerprint density at radius 3 is 2.07 bits per heavy atom. The largest absolute Gasteiger partial charge is 0.447 e. The Labute approximate surface area is 164 Å². The Morgan fingerprint density at radius 2 is 1.56 bits per heavy atom. The van der Waals surface area contributed by atoms with Crippen molar-refractivity contribution in [2.45, 2.75) is 101 Å². The fraction of sp³-hybridized carbons (Fsp3) is 0.950. The SMILES string of the molecule is CN(C)C(=O)OC[C@@H]1O[C@@]1(C)CC[C@H]1O[C@@]1(CC[C@@H]1OC1(C)C)[Si](C)(C)C. The number of ether oxygens (including phenoxy) is 4. The van der Waals surface area contributed by atoms with Crippen LogP contribution in [0.5, 0.6) is 0 Å². The number of carbonyl (C=O) groups excluding carboxylic acids is 1. The molecule has 3 aliphatic heterocycles. The van der Waals surface area contributed by atoms with Gasteiger partial charge < -0.3 is 23.8 Å². The molecule has 3 heterocycles. The summed E-state index contributed by atoms with van der Waals surface area (Å²) in [7, 11) is 1.92. The number of amides is 1. The van der Waals surface area contributed by atoms with Gasteiger partial charge in [-0.1, -0.05) is 19.6 Å². The minimum absolute atomic E-state index is 0.00194. The zero-order valence-corrected chi connectivity index (χ0v) is 19.3. The van der Waals surface area contributed by atoms with Gasteiger partial charge >= 0.3 is 6.09 Å². The topological polar surface area (TPSA) is 67.1 Å². The summed E-state index contributed by atoms with van der Waals surface area (Å²) < 4.78 is 23.2. The molecule has 0 aromatic rings. The maximum atomic E-state index is 11.6. The quantitative estimate of drug-likeness (QED) is 0.438. The maximum Gasteiger partial charge on any atom is 0.409 e. The van der Waals surface area contributed by atoms with E-state index in [1.807, 2.05) is 0 Å². The first-order valence-corrected chi connectivity index (χ1v) is 13.7. The van der Waals surface area contributed by atoms with E-state index in [9.17, 15) is 4.79 Å². The van der Waals surface area contributed by atoms with Crippen LogP contribution in [-0.2, 0) is 18.9 Å². The zero-order valence-electron chi connectivity index (χ0n) is 18.3. The van der Waals surface area contributed by atoms with Crippen LogP contribution in [0.2, 0.25) is 19.6 Å². The molecular formula is C20H37NO5Si. The smallest absolute Gasteiger partial charge is 0.409 e. The van der Waals surface area contributed by atoms with Crippen molar-refractivity contribution in [1.82, 2.24) is 4.90 Å². The second-order valence-electron chi connectivity index (χ2n) is 10.4. The lowest BCUT2D eigenvalue weighted by Crippen LogP contribution is -2.44. The minimum Gasteiger partial charge on any atom is -0.447 e. The van der Waals surface area contributed by atoms with E-state index in [0.717, 1.165) is 25.7 Å². The molecule has 0 aromatic heterocycles. The molecule has 0 spiro atoms. The van der Waals surface area contributed by atoms with E-state index in [0.29, 0.717) is 18.8 Å². The maximum absolute atomic E-state index is 11.6. The fourth-order valence-corrected chi connectivity index (χ4v) is 6.77. The van der Waals surface area contributed by atoms with Crippen molar-refractivity contribution in [2.24, 2.45) is 0 Å². The number of hydrogen-bond donors (Lipinski definition) is 0. The van der Waals surface area contributed by atoms with Gasteiger partial charge in [0.05, 0.1) is 36.7 Å². The molecule has 0 saturated carbocycles. The van der Waals surface area contributed by atoms with Gasteiger partial charge in [0.25, 0.3) is 0 Å². The Bertz CT molecular complexity index is 589. The third-order valence-electron chi connectivity index (χ3n) is 6.69. The van der Waals surface area contributed by atoms with Crippen LogP contribution in [0.1, 0.15) is 46.5 Å². The molecule has 0 radical (unpaired) electrons. The number of nitrogens with zero attached hydrogens (tertiary/aromatic N) is 1. The fourth-order valence-electron chi connectivity index (χ4n) is 4.27. The Morgan fingerprint density at radius 1 is 0.963 bits per heavy atom. The highest BCUT2D eigenvalue weighted by Gasteiger charge is 2.65. The second-order valence-corrected chi connectivity index (χ2v) is 15.8. The normalized spacial score (nSPS) is 39.0. The Balaban J connectivity index is 1.45. The third kappa shape index (κ3) is 4.36. The summed E-state index contributed by atoms with van der Waals surface area (Å²) in [5.41, 5.74) is -0.136. The van der Waals surface area contributed by atoms with Crippen LogP contribution in [-0.4, -0.2) is 74.5 Å². The summed E-state index contributed by atoms with van der Waals surface area (Å²) in [4.78, 5) is 13.0. The van der Waals surface area contributed by atoms with Crippen molar-refractivity contribution in [1.29, 1.82) is 0 Å². The summed E-state index contributed by atoms with van der Waals surface area (Å²) >= 11 is 0. The van der Waals surface area contributed by atoms with E-state index < -0.39 is 8.07 Å². The van der Waals surface area contributed by atoms with Crippen LogP contribution < -0.4 is 0 Å². The molecule has 0 N–H and O–H groups in total. The van der Waals surface area contributed by atoms with Crippen molar-refractivity contribution in [3.8, 4) is 0 Å². The third-order valence-corrected chi connectivity index (χ3v) is 9.92. The summed E-state index contributed by atoms with van der Waals surface area (Å²) in [6.45, 7) is 14.0. The highest BCUT2D eigenvalue weighted by atomic mass is 28.3. The van der Waals surface area contributed by atoms with Crippen LogP contribution in [0.3, 0.4) is 0 Å². The molecule has 0 aliphatic carbocycles. The molecule has 0 bridgehead atoms. The van der Waals surface area contributed by atoms with Gasteiger partial charge in [-0.3, -0.25) is 0 Å². The molecule has 7 heteroatoms.